The number of hydrogen-bond donors (Lipinski definition) is 4. The molecule has 270 valence electrons. The maximum atomic E-state index is 13.9. The molecule has 1 saturated heterocycles. The van der Waals surface area contributed by atoms with Crippen LogP contribution in [0.4, 0.5) is 0 Å². The van der Waals surface area contributed by atoms with Crippen molar-refractivity contribution in [3.63, 3.8) is 0 Å². The molecule has 0 saturated carbocycles. The smallest absolute Gasteiger partial charge is 0.330 e. The number of nitrogens with one attached hydrogen (secondary N) is 3. The third-order valence-electron chi connectivity index (χ3n) is 7.64. The number of amides is 5. The highest BCUT2D eigenvalue weighted by atomic mass is 16.5. The number of ether oxygens (including phenoxy) is 2. The van der Waals surface area contributed by atoms with E-state index in [2.05, 4.69) is 21.1 Å². The second kappa shape index (κ2) is 20.4. The van der Waals surface area contributed by atoms with E-state index in [1.807, 2.05) is 13.8 Å². The van der Waals surface area contributed by atoms with Gasteiger partial charge < -0.3 is 40.6 Å². The molecule has 0 spiro atoms. The Balaban J connectivity index is 2.27. The van der Waals surface area contributed by atoms with Crippen molar-refractivity contribution in [2.24, 2.45) is 11.7 Å². The van der Waals surface area contributed by atoms with E-state index in [4.69, 9.17) is 19.7 Å². The van der Waals surface area contributed by atoms with Gasteiger partial charge in [-0.3, -0.25) is 24.0 Å². The zero-order chi connectivity index (χ0) is 36.5. The Labute approximate surface area is 285 Å². The Morgan fingerprint density at radius 1 is 1.06 bits per heavy atom. The van der Waals surface area contributed by atoms with Crippen LogP contribution >= 0.6 is 0 Å². The summed E-state index contributed by atoms with van der Waals surface area (Å²) in [5.74, 6) is -3.88. The molecule has 2 rings (SSSR count). The van der Waals surface area contributed by atoms with Crippen molar-refractivity contribution in [1.82, 2.24) is 26.0 Å². The van der Waals surface area contributed by atoms with Crippen molar-refractivity contribution in [1.29, 1.82) is 0 Å². The fourth-order valence-corrected chi connectivity index (χ4v) is 5.17. The minimum atomic E-state index is -1.27. The van der Waals surface area contributed by atoms with E-state index in [-0.39, 0.29) is 44.8 Å². The van der Waals surface area contributed by atoms with Crippen LogP contribution in [0.3, 0.4) is 0 Å². The zero-order valence-corrected chi connectivity index (χ0v) is 28.7. The minimum Gasteiger partial charge on any atom is -0.467 e. The Hall–Kier alpha value is -5.02. The number of aromatic nitrogens is 1. The number of rotatable bonds is 19. The van der Waals surface area contributed by atoms with Crippen LogP contribution in [0.15, 0.2) is 28.9 Å². The molecule has 4 atom stereocenters. The highest BCUT2D eigenvalue weighted by molar-refractivity contribution is 5.98. The van der Waals surface area contributed by atoms with Crippen molar-refractivity contribution in [2.75, 3.05) is 20.3 Å². The largest absolute Gasteiger partial charge is 0.467 e. The van der Waals surface area contributed by atoms with Crippen LogP contribution in [0, 0.1) is 12.8 Å². The van der Waals surface area contributed by atoms with E-state index in [0.29, 0.717) is 30.6 Å². The minimum absolute atomic E-state index is 0.0316. The number of carbonyl (C=O) groups is 7. The summed E-state index contributed by atoms with van der Waals surface area (Å²) in [4.78, 5) is 90.8. The molecule has 5 amide bonds. The highest BCUT2D eigenvalue weighted by Crippen LogP contribution is 2.21. The highest BCUT2D eigenvalue weighted by Gasteiger charge is 2.39. The summed E-state index contributed by atoms with van der Waals surface area (Å²) < 4.78 is 14.7. The van der Waals surface area contributed by atoms with Crippen molar-refractivity contribution < 1.29 is 47.6 Å². The van der Waals surface area contributed by atoms with Crippen LogP contribution in [0.25, 0.3) is 6.08 Å². The van der Waals surface area contributed by atoms with Crippen molar-refractivity contribution in [3.05, 3.63) is 35.7 Å². The molecular formula is C33H48N6O10. The van der Waals surface area contributed by atoms with Crippen LogP contribution in [0.2, 0.25) is 0 Å². The number of esters is 2. The molecule has 0 radical (unpaired) electrons. The Kier molecular flexibility index (Phi) is 16.7. The standard InChI is InChI=1S/C33H48N6O10/c1-6-48-29(42)12-8-7-10-23(36-28(41)16-13-22-19-35-49-21(22)4)30(43)37-24(14-15-27(34)40)32(45)39-17-9-11-26(39)31(44)38-25(18-20(2)3)33(46)47-5/h8,12-13,16,19-20,23-26H,6-7,9-11,14-15,17-18H2,1-5H3,(H2,34,40)(H,36,41)(H,37,43)(H,38,44)/b12-8+,16-13+/t23-,24-,25-,26+/m1/s1. The molecule has 5 N–H and O–H groups in total. The second-order valence-electron chi connectivity index (χ2n) is 11.9. The lowest BCUT2D eigenvalue weighted by molar-refractivity contribution is -0.147. The number of methoxy groups -OCH3 is 1. The molecule has 49 heavy (non-hydrogen) atoms. The molecule has 0 aromatic carbocycles. The first-order chi connectivity index (χ1) is 23.3. The number of allylic oxidation sites excluding steroid dienone is 1. The number of aryl methyl sites for hydroxylation is 1. The molecular weight excluding hydrogens is 640 g/mol. The van der Waals surface area contributed by atoms with Crippen LogP contribution < -0.4 is 21.7 Å². The number of nitrogens with zero attached hydrogens (tertiary/aromatic N) is 2. The lowest BCUT2D eigenvalue weighted by Gasteiger charge is -2.30. The van der Waals surface area contributed by atoms with Crippen molar-refractivity contribution >= 4 is 47.6 Å². The Morgan fingerprint density at radius 3 is 2.41 bits per heavy atom. The molecule has 16 nitrogen and oxygen atoms in total. The van der Waals surface area contributed by atoms with Gasteiger partial charge in [0.2, 0.25) is 29.5 Å². The number of primary amides is 1. The summed E-state index contributed by atoms with van der Waals surface area (Å²) >= 11 is 0. The number of hydrogen-bond acceptors (Lipinski definition) is 11. The predicted octanol–water partition coefficient (Wildman–Crippen LogP) is 0.826. The molecule has 1 aliphatic rings. The number of carbonyl (C=O) groups excluding carboxylic acids is 7. The van der Waals surface area contributed by atoms with Gasteiger partial charge in [0.1, 0.15) is 29.9 Å². The number of nitrogens with two attached hydrogens (primary N) is 1. The first-order valence-electron chi connectivity index (χ1n) is 16.3. The monoisotopic (exact) mass is 688 g/mol. The second-order valence-corrected chi connectivity index (χ2v) is 11.9. The van der Waals surface area contributed by atoms with Gasteiger partial charge in [-0.2, -0.15) is 0 Å². The predicted molar refractivity (Wildman–Crippen MR) is 176 cm³/mol. The summed E-state index contributed by atoms with van der Waals surface area (Å²) in [6, 6.07) is -4.30. The van der Waals surface area contributed by atoms with Crippen molar-refractivity contribution in [3.8, 4) is 0 Å². The van der Waals surface area contributed by atoms with Gasteiger partial charge in [0.15, 0.2) is 0 Å². The molecule has 0 unspecified atom stereocenters. The van der Waals surface area contributed by atoms with E-state index in [9.17, 15) is 33.6 Å². The van der Waals surface area contributed by atoms with E-state index in [0.717, 1.165) is 0 Å². The third kappa shape index (κ3) is 13.6. The Morgan fingerprint density at radius 2 is 1.80 bits per heavy atom. The Bertz CT molecular complexity index is 1390. The molecule has 1 aliphatic heterocycles. The summed E-state index contributed by atoms with van der Waals surface area (Å²) in [5, 5.41) is 11.6. The van der Waals surface area contributed by atoms with Gasteiger partial charge in [-0.25, -0.2) is 9.59 Å². The van der Waals surface area contributed by atoms with Crippen LogP contribution in [0.1, 0.15) is 77.0 Å². The van der Waals surface area contributed by atoms with E-state index in [1.165, 1.54) is 42.5 Å². The maximum Gasteiger partial charge on any atom is 0.330 e. The average molecular weight is 689 g/mol. The van der Waals surface area contributed by atoms with Gasteiger partial charge in [-0.05, 0) is 64.4 Å². The van der Waals surface area contributed by atoms with Gasteiger partial charge in [0.25, 0.3) is 0 Å². The first kappa shape index (κ1) is 40.2. The van der Waals surface area contributed by atoms with Crippen LogP contribution in [-0.4, -0.2) is 96.0 Å². The average Bonchev–Trinajstić information content (AvgIpc) is 3.71. The summed E-state index contributed by atoms with van der Waals surface area (Å²) in [7, 11) is 1.22. The molecule has 2 heterocycles. The van der Waals surface area contributed by atoms with Gasteiger partial charge in [-0.1, -0.05) is 25.1 Å². The first-order valence-corrected chi connectivity index (χ1v) is 16.3. The summed E-state index contributed by atoms with van der Waals surface area (Å²) in [5.41, 5.74) is 5.92. The van der Waals surface area contributed by atoms with Gasteiger partial charge in [-0.15, -0.1) is 0 Å². The molecule has 0 bridgehead atoms. The lowest BCUT2D eigenvalue weighted by Crippen LogP contribution is -2.57. The quantitative estimate of drug-likeness (QED) is 0.117. The normalized spacial score (nSPS) is 16.3. The third-order valence-corrected chi connectivity index (χ3v) is 7.64. The molecule has 1 aromatic rings. The van der Waals surface area contributed by atoms with Crippen LogP contribution in [-0.2, 0) is 43.0 Å². The maximum absolute atomic E-state index is 13.9. The summed E-state index contributed by atoms with van der Waals surface area (Å²) in [6.45, 7) is 7.48. The molecule has 1 fully saturated rings. The van der Waals surface area contributed by atoms with E-state index >= 15 is 0 Å². The van der Waals surface area contributed by atoms with Gasteiger partial charge >= 0.3 is 11.9 Å². The van der Waals surface area contributed by atoms with E-state index in [1.54, 1.807) is 13.8 Å². The lowest BCUT2D eigenvalue weighted by atomic mass is 10.0. The SMILES string of the molecule is CCOC(=O)/C=C/CC[C@@H](NC(=O)/C=C/c1cnoc1C)C(=O)N[C@H](CCC(N)=O)C(=O)N1CCC[C@H]1C(=O)N[C@H](CC(C)C)C(=O)OC. The molecule has 0 aliphatic carbocycles. The fraction of sp³-hybridized carbons (Fsp3) is 0.576. The van der Waals surface area contributed by atoms with Gasteiger partial charge in [0, 0.05) is 30.7 Å². The molecule has 16 heteroatoms. The topological polar surface area (TPSA) is 229 Å². The van der Waals surface area contributed by atoms with Crippen molar-refractivity contribution in [2.45, 2.75) is 96.8 Å². The summed E-state index contributed by atoms with van der Waals surface area (Å²) in [6.07, 6.45) is 7.68. The zero-order valence-electron chi connectivity index (χ0n) is 28.7. The number of likely N-dealkylation sites (tertiary alicyclic amines) is 1. The fourth-order valence-electron chi connectivity index (χ4n) is 5.17. The van der Waals surface area contributed by atoms with Gasteiger partial charge in [0.05, 0.1) is 19.9 Å². The van der Waals surface area contributed by atoms with Crippen LogP contribution in [0.5, 0.6) is 0 Å². The van der Waals surface area contributed by atoms with E-state index < -0.39 is 65.6 Å². The molecule has 1 aromatic heterocycles.